The molecule has 1 aliphatic rings. The number of aromatic nitrogens is 2. The topological polar surface area (TPSA) is 62.0 Å². The summed E-state index contributed by atoms with van der Waals surface area (Å²) in [6.07, 6.45) is 4.03. The number of piperidine rings is 1. The van der Waals surface area contributed by atoms with Crippen LogP contribution >= 0.6 is 0 Å². The van der Waals surface area contributed by atoms with Gasteiger partial charge in [-0.1, -0.05) is 12.1 Å². The van der Waals surface area contributed by atoms with Crippen molar-refractivity contribution >= 4 is 0 Å². The fourth-order valence-corrected chi connectivity index (χ4v) is 2.69. The zero-order chi connectivity index (χ0) is 16.1. The second kappa shape index (κ2) is 7.16. The molecule has 0 spiro atoms. The van der Waals surface area contributed by atoms with Gasteiger partial charge in [0.15, 0.2) is 5.82 Å². The summed E-state index contributed by atoms with van der Waals surface area (Å²) in [6, 6.07) is 10.1. The molecule has 0 radical (unpaired) electrons. The lowest BCUT2D eigenvalue weighted by Gasteiger charge is -2.31. The van der Waals surface area contributed by atoms with Crippen LogP contribution in [0.25, 0.3) is 0 Å². The summed E-state index contributed by atoms with van der Waals surface area (Å²) in [6.45, 7) is 2.64. The van der Waals surface area contributed by atoms with Gasteiger partial charge in [-0.25, -0.2) is 14.4 Å². The number of nitrogens with zero attached hydrogens (tertiary/aromatic N) is 4. The fourth-order valence-electron chi connectivity index (χ4n) is 2.69. The maximum atomic E-state index is 12.8. The summed E-state index contributed by atoms with van der Waals surface area (Å²) >= 11 is 0. The van der Waals surface area contributed by atoms with Crippen LogP contribution in [-0.4, -0.2) is 34.1 Å². The van der Waals surface area contributed by atoms with Crippen LogP contribution in [0.5, 0.6) is 6.01 Å². The van der Waals surface area contributed by atoms with Crippen molar-refractivity contribution in [3.8, 4) is 12.1 Å². The standard InChI is InChI=1S/C17H17FN4O/c18-15-10-20-17(21-11-15)23-16-4-6-22(7-5-16)12-14-3-1-2-13(8-14)9-19/h1-3,8,10-11,16H,4-7,12H2. The molecule has 1 fully saturated rings. The normalized spacial score (nSPS) is 16.0. The zero-order valence-electron chi connectivity index (χ0n) is 12.7. The summed E-state index contributed by atoms with van der Waals surface area (Å²) in [5.41, 5.74) is 1.83. The third-order valence-corrected chi connectivity index (χ3v) is 3.87. The van der Waals surface area contributed by atoms with Crippen molar-refractivity contribution in [1.82, 2.24) is 14.9 Å². The van der Waals surface area contributed by atoms with Crippen molar-refractivity contribution in [2.75, 3.05) is 13.1 Å². The van der Waals surface area contributed by atoms with E-state index < -0.39 is 5.82 Å². The molecule has 6 heteroatoms. The second-order valence-corrected chi connectivity index (χ2v) is 5.59. The molecule has 0 atom stereocenters. The lowest BCUT2D eigenvalue weighted by molar-refractivity contribution is 0.0890. The van der Waals surface area contributed by atoms with Crippen LogP contribution in [0.15, 0.2) is 36.7 Å². The van der Waals surface area contributed by atoms with Gasteiger partial charge in [-0.3, -0.25) is 4.90 Å². The van der Waals surface area contributed by atoms with E-state index in [1.807, 2.05) is 24.3 Å². The molecule has 0 unspecified atom stereocenters. The molecule has 118 valence electrons. The highest BCUT2D eigenvalue weighted by Gasteiger charge is 2.21. The smallest absolute Gasteiger partial charge is 0.316 e. The second-order valence-electron chi connectivity index (χ2n) is 5.59. The molecule has 0 saturated carbocycles. The van der Waals surface area contributed by atoms with E-state index in [1.54, 1.807) is 0 Å². The Hall–Kier alpha value is -2.52. The molecule has 23 heavy (non-hydrogen) atoms. The Morgan fingerprint density at radius 3 is 2.70 bits per heavy atom. The van der Waals surface area contributed by atoms with Gasteiger partial charge in [-0.05, 0) is 30.5 Å². The Kier molecular flexibility index (Phi) is 4.79. The molecule has 1 aromatic carbocycles. The lowest BCUT2D eigenvalue weighted by atomic mass is 10.1. The van der Waals surface area contributed by atoms with E-state index in [2.05, 4.69) is 20.9 Å². The van der Waals surface area contributed by atoms with Gasteiger partial charge in [0.05, 0.1) is 24.0 Å². The average Bonchev–Trinajstić information content (AvgIpc) is 2.59. The van der Waals surface area contributed by atoms with Gasteiger partial charge in [0, 0.05) is 19.6 Å². The van der Waals surface area contributed by atoms with Crippen molar-refractivity contribution in [3.05, 3.63) is 53.6 Å². The molecule has 0 bridgehead atoms. The third-order valence-electron chi connectivity index (χ3n) is 3.87. The van der Waals surface area contributed by atoms with Crippen molar-refractivity contribution in [1.29, 1.82) is 5.26 Å². The minimum absolute atomic E-state index is 0.0576. The van der Waals surface area contributed by atoms with Crippen molar-refractivity contribution in [2.45, 2.75) is 25.5 Å². The van der Waals surface area contributed by atoms with Gasteiger partial charge >= 0.3 is 6.01 Å². The first-order valence-corrected chi connectivity index (χ1v) is 7.58. The van der Waals surface area contributed by atoms with E-state index in [0.29, 0.717) is 5.56 Å². The molecule has 0 N–H and O–H groups in total. The highest BCUT2D eigenvalue weighted by atomic mass is 19.1. The van der Waals surface area contributed by atoms with E-state index >= 15 is 0 Å². The first-order chi connectivity index (χ1) is 11.2. The van der Waals surface area contributed by atoms with E-state index in [1.165, 1.54) is 0 Å². The van der Waals surface area contributed by atoms with Crippen LogP contribution < -0.4 is 4.74 Å². The highest BCUT2D eigenvalue weighted by Crippen LogP contribution is 2.18. The minimum atomic E-state index is -0.466. The lowest BCUT2D eigenvalue weighted by Crippen LogP contribution is -2.38. The summed E-state index contributed by atoms with van der Waals surface area (Å²) < 4.78 is 18.5. The molecule has 0 amide bonds. The van der Waals surface area contributed by atoms with Crippen LogP contribution in [-0.2, 0) is 6.54 Å². The molecule has 5 nitrogen and oxygen atoms in total. The fraction of sp³-hybridized carbons (Fsp3) is 0.353. The minimum Gasteiger partial charge on any atom is -0.460 e. The SMILES string of the molecule is N#Cc1cccc(CN2CCC(Oc3ncc(F)cn3)CC2)c1. The van der Waals surface area contributed by atoms with Crippen molar-refractivity contribution < 1.29 is 9.13 Å². The van der Waals surface area contributed by atoms with Gasteiger partial charge in [-0.15, -0.1) is 0 Å². The van der Waals surface area contributed by atoms with Gasteiger partial charge in [-0.2, -0.15) is 5.26 Å². The molecule has 2 aromatic rings. The molecule has 0 aliphatic carbocycles. The molecular weight excluding hydrogens is 295 g/mol. The average molecular weight is 312 g/mol. The number of halogens is 1. The van der Waals surface area contributed by atoms with Crippen molar-refractivity contribution in [3.63, 3.8) is 0 Å². The quantitative estimate of drug-likeness (QED) is 0.868. The van der Waals surface area contributed by atoms with E-state index in [-0.39, 0.29) is 12.1 Å². The Labute approximate surface area is 134 Å². The molecule has 2 heterocycles. The first-order valence-electron chi connectivity index (χ1n) is 7.58. The molecule has 1 saturated heterocycles. The number of benzene rings is 1. The summed E-state index contributed by atoms with van der Waals surface area (Å²) in [4.78, 5) is 9.99. The third kappa shape index (κ3) is 4.24. The summed E-state index contributed by atoms with van der Waals surface area (Å²) in [5, 5.41) is 8.94. The summed E-state index contributed by atoms with van der Waals surface area (Å²) in [5.74, 6) is -0.466. The monoisotopic (exact) mass is 312 g/mol. The van der Waals surface area contributed by atoms with E-state index in [4.69, 9.17) is 10.00 Å². The van der Waals surface area contributed by atoms with Crippen LogP contribution in [0.1, 0.15) is 24.0 Å². The zero-order valence-corrected chi connectivity index (χ0v) is 12.7. The first kappa shape index (κ1) is 15.4. The number of nitriles is 1. The van der Waals surface area contributed by atoms with Gasteiger partial charge in [0.2, 0.25) is 0 Å². The van der Waals surface area contributed by atoms with Crippen LogP contribution in [0, 0.1) is 17.1 Å². The Morgan fingerprint density at radius 2 is 2.00 bits per heavy atom. The molecule has 1 aliphatic heterocycles. The predicted molar refractivity (Wildman–Crippen MR) is 82.1 cm³/mol. The van der Waals surface area contributed by atoms with Crippen LogP contribution in [0.3, 0.4) is 0 Å². The number of hydrogen-bond acceptors (Lipinski definition) is 5. The molecular formula is C17H17FN4O. The Bertz CT molecular complexity index is 690. The van der Waals surface area contributed by atoms with Gasteiger partial charge in [0.25, 0.3) is 0 Å². The largest absolute Gasteiger partial charge is 0.460 e. The maximum Gasteiger partial charge on any atom is 0.316 e. The molecule has 1 aromatic heterocycles. The van der Waals surface area contributed by atoms with Crippen molar-refractivity contribution in [2.24, 2.45) is 0 Å². The highest BCUT2D eigenvalue weighted by molar-refractivity contribution is 5.32. The number of hydrogen-bond donors (Lipinski definition) is 0. The Balaban J connectivity index is 1.50. The number of rotatable bonds is 4. The molecule has 3 rings (SSSR count). The van der Waals surface area contributed by atoms with Gasteiger partial charge < -0.3 is 4.74 Å². The van der Waals surface area contributed by atoms with Crippen LogP contribution in [0.2, 0.25) is 0 Å². The number of ether oxygens (including phenoxy) is 1. The number of likely N-dealkylation sites (tertiary alicyclic amines) is 1. The maximum absolute atomic E-state index is 12.8. The van der Waals surface area contributed by atoms with E-state index in [9.17, 15) is 4.39 Å². The summed E-state index contributed by atoms with van der Waals surface area (Å²) in [7, 11) is 0. The van der Waals surface area contributed by atoms with Crippen LogP contribution in [0.4, 0.5) is 4.39 Å². The predicted octanol–water partition coefficient (Wildman–Crippen LogP) is 2.53. The van der Waals surface area contributed by atoms with Gasteiger partial charge in [0.1, 0.15) is 6.10 Å². The Morgan fingerprint density at radius 1 is 1.26 bits per heavy atom. The van der Waals surface area contributed by atoms with E-state index in [0.717, 1.165) is 50.4 Å².